The van der Waals surface area contributed by atoms with E-state index < -0.39 is 15.9 Å². The Balaban J connectivity index is 3.28. The van der Waals surface area contributed by atoms with Gasteiger partial charge in [-0.05, 0) is 12.8 Å². The molecular weight excluding hydrogens is 248 g/mol. The third kappa shape index (κ3) is 14.0. The van der Waals surface area contributed by atoms with Crippen LogP contribution in [0, 0.1) is 0 Å². The first kappa shape index (κ1) is 17.9. The molecule has 0 aliphatic rings. The van der Waals surface area contributed by atoms with E-state index in [1.807, 2.05) is 0 Å². The number of rotatable bonds is 12. The summed E-state index contributed by atoms with van der Waals surface area (Å²) >= 11 is 0. The Hall–Kier alpha value is -0.0900. The largest absolute Gasteiger partial charge is 0.393 e. The van der Waals surface area contributed by atoms with Gasteiger partial charge in [0, 0.05) is 6.26 Å². The first-order chi connectivity index (χ1) is 8.45. The van der Waals surface area contributed by atoms with Gasteiger partial charge >= 0.3 is 0 Å². The Kier molecular flexibility index (Phi) is 10.7. The number of aliphatic hydroxyl groups is 1. The average molecular weight is 278 g/mol. The Morgan fingerprint density at radius 2 is 1.39 bits per heavy atom. The van der Waals surface area contributed by atoms with Gasteiger partial charge in [-0.3, -0.25) is 0 Å². The molecule has 0 aliphatic carbocycles. The van der Waals surface area contributed by atoms with E-state index in [1.54, 1.807) is 0 Å². The summed E-state index contributed by atoms with van der Waals surface area (Å²) in [5, 5.41) is 9.62. The van der Waals surface area contributed by atoms with Crippen LogP contribution in [0.2, 0.25) is 0 Å². The van der Waals surface area contributed by atoms with E-state index in [0.29, 0.717) is 6.42 Å². The van der Waals surface area contributed by atoms with Crippen molar-refractivity contribution in [2.45, 2.75) is 77.2 Å². The number of hydrogen-bond donors (Lipinski definition) is 1. The predicted octanol–water partition coefficient (Wildman–Crippen LogP) is 3.31. The van der Waals surface area contributed by atoms with E-state index in [2.05, 4.69) is 6.92 Å². The van der Waals surface area contributed by atoms with Crippen LogP contribution in [0.15, 0.2) is 0 Å². The van der Waals surface area contributed by atoms with Gasteiger partial charge < -0.3 is 5.11 Å². The topological polar surface area (TPSA) is 54.4 Å². The van der Waals surface area contributed by atoms with Crippen molar-refractivity contribution in [3.63, 3.8) is 0 Å². The second kappa shape index (κ2) is 10.8. The SMILES string of the molecule is CCCCCCCCCCC(O)CCS(C)(=O)=O. The van der Waals surface area contributed by atoms with Gasteiger partial charge in [-0.2, -0.15) is 0 Å². The number of sulfone groups is 1. The molecule has 0 amide bonds. The highest BCUT2D eigenvalue weighted by Crippen LogP contribution is 2.12. The summed E-state index contributed by atoms with van der Waals surface area (Å²) in [6, 6.07) is 0. The van der Waals surface area contributed by atoms with Crippen molar-refractivity contribution in [1.82, 2.24) is 0 Å². The molecule has 0 aliphatic heterocycles. The highest BCUT2D eigenvalue weighted by Gasteiger charge is 2.08. The minimum absolute atomic E-state index is 0.102. The average Bonchev–Trinajstić information content (AvgIpc) is 2.29. The van der Waals surface area contributed by atoms with Crippen molar-refractivity contribution in [1.29, 1.82) is 0 Å². The minimum atomic E-state index is -2.93. The second-order valence-corrected chi connectivity index (χ2v) is 7.60. The second-order valence-electron chi connectivity index (χ2n) is 5.34. The van der Waals surface area contributed by atoms with Crippen LogP contribution in [-0.2, 0) is 9.84 Å². The van der Waals surface area contributed by atoms with E-state index in [9.17, 15) is 13.5 Å². The molecule has 0 saturated heterocycles. The molecule has 1 N–H and O–H groups in total. The molecule has 110 valence electrons. The van der Waals surface area contributed by atoms with Gasteiger partial charge in [-0.25, -0.2) is 8.42 Å². The van der Waals surface area contributed by atoms with Gasteiger partial charge in [0.2, 0.25) is 0 Å². The fraction of sp³-hybridized carbons (Fsp3) is 1.00. The van der Waals surface area contributed by atoms with Gasteiger partial charge in [0.1, 0.15) is 9.84 Å². The van der Waals surface area contributed by atoms with E-state index in [4.69, 9.17) is 0 Å². The van der Waals surface area contributed by atoms with Crippen molar-refractivity contribution < 1.29 is 13.5 Å². The van der Waals surface area contributed by atoms with Crippen LogP contribution in [0.4, 0.5) is 0 Å². The van der Waals surface area contributed by atoms with Crippen molar-refractivity contribution >= 4 is 9.84 Å². The third-order valence-electron chi connectivity index (χ3n) is 3.21. The molecule has 1 atom stereocenters. The van der Waals surface area contributed by atoms with E-state index >= 15 is 0 Å². The number of unbranched alkanes of at least 4 members (excludes halogenated alkanes) is 7. The molecule has 0 aromatic heterocycles. The molecular formula is C14H30O3S. The van der Waals surface area contributed by atoms with Gasteiger partial charge in [-0.1, -0.05) is 58.3 Å². The Morgan fingerprint density at radius 1 is 0.889 bits per heavy atom. The molecule has 0 rings (SSSR count). The Bertz CT molecular complexity index is 273. The van der Waals surface area contributed by atoms with Crippen LogP contribution in [0.25, 0.3) is 0 Å². The molecule has 0 radical (unpaired) electrons. The zero-order chi connectivity index (χ0) is 13.9. The van der Waals surface area contributed by atoms with Gasteiger partial charge in [0.15, 0.2) is 0 Å². The molecule has 0 bridgehead atoms. The van der Waals surface area contributed by atoms with Gasteiger partial charge in [0.05, 0.1) is 11.9 Å². The highest BCUT2D eigenvalue weighted by atomic mass is 32.2. The van der Waals surface area contributed by atoms with Crippen molar-refractivity contribution in [3.05, 3.63) is 0 Å². The summed E-state index contributed by atoms with van der Waals surface area (Å²) in [7, 11) is -2.93. The lowest BCUT2D eigenvalue weighted by Crippen LogP contribution is -2.13. The fourth-order valence-corrected chi connectivity index (χ4v) is 2.71. The van der Waals surface area contributed by atoms with Crippen LogP contribution in [-0.4, -0.2) is 31.6 Å². The van der Waals surface area contributed by atoms with Crippen LogP contribution >= 0.6 is 0 Å². The lowest BCUT2D eigenvalue weighted by atomic mass is 10.0. The smallest absolute Gasteiger partial charge is 0.147 e. The summed E-state index contributed by atoms with van der Waals surface area (Å²) in [4.78, 5) is 0. The summed E-state index contributed by atoms with van der Waals surface area (Å²) in [5.41, 5.74) is 0. The molecule has 0 saturated carbocycles. The number of hydrogen-bond acceptors (Lipinski definition) is 3. The number of aliphatic hydroxyl groups excluding tert-OH is 1. The highest BCUT2D eigenvalue weighted by molar-refractivity contribution is 7.90. The molecule has 0 aromatic carbocycles. The molecule has 0 fully saturated rings. The normalized spacial score (nSPS) is 13.7. The standard InChI is InChI=1S/C14H30O3S/c1-3-4-5-6-7-8-9-10-11-14(15)12-13-18(2,16)17/h14-15H,3-13H2,1-2H3. The summed E-state index contributed by atoms with van der Waals surface area (Å²) in [5.74, 6) is 0.102. The molecule has 3 nitrogen and oxygen atoms in total. The molecule has 4 heteroatoms. The van der Waals surface area contributed by atoms with E-state index in [0.717, 1.165) is 19.3 Å². The zero-order valence-corrected chi connectivity index (χ0v) is 12.8. The van der Waals surface area contributed by atoms with E-state index in [1.165, 1.54) is 44.8 Å². The van der Waals surface area contributed by atoms with Gasteiger partial charge in [-0.15, -0.1) is 0 Å². The van der Waals surface area contributed by atoms with Gasteiger partial charge in [0.25, 0.3) is 0 Å². The Morgan fingerprint density at radius 3 is 1.89 bits per heavy atom. The monoisotopic (exact) mass is 278 g/mol. The lowest BCUT2D eigenvalue weighted by Gasteiger charge is -2.09. The maximum atomic E-state index is 10.9. The quantitative estimate of drug-likeness (QED) is 0.557. The maximum Gasteiger partial charge on any atom is 0.147 e. The van der Waals surface area contributed by atoms with Crippen LogP contribution in [0.1, 0.15) is 71.1 Å². The van der Waals surface area contributed by atoms with E-state index in [-0.39, 0.29) is 5.75 Å². The zero-order valence-electron chi connectivity index (χ0n) is 12.0. The van der Waals surface area contributed by atoms with Crippen molar-refractivity contribution in [3.8, 4) is 0 Å². The van der Waals surface area contributed by atoms with Crippen molar-refractivity contribution in [2.75, 3.05) is 12.0 Å². The third-order valence-corrected chi connectivity index (χ3v) is 4.19. The molecule has 18 heavy (non-hydrogen) atoms. The Labute approximate surface area is 113 Å². The molecule has 0 aromatic rings. The first-order valence-corrected chi connectivity index (χ1v) is 9.37. The lowest BCUT2D eigenvalue weighted by molar-refractivity contribution is 0.157. The van der Waals surface area contributed by atoms with Crippen LogP contribution < -0.4 is 0 Å². The predicted molar refractivity (Wildman–Crippen MR) is 77.6 cm³/mol. The molecule has 1 unspecified atom stereocenters. The summed E-state index contributed by atoms with van der Waals surface area (Å²) in [6.07, 6.45) is 11.9. The minimum Gasteiger partial charge on any atom is -0.393 e. The molecule has 0 heterocycles. The fourth-order valence-electron chi connectivity index (χ4n) is 2.01. The molecule has 0 spiro atoms. The van der Waals surface area contributed by atoms with Crippen LogP contribution in [0.3, 0.4) is 0 Å². The van der Waals surface area contributed by atoms with Crippen molar-refractivity contribution in [2.24, 2.45) is 0 Å². The first-order valence-electron chi connectivity index (χ1n) is 7.31. The summed E-state index contributed by atoms with van der Waals surface area (Å²) in [6.45, 7) is 2.22. The van der Waals surface area contributed by atoms with Crippen LogP contribution in [0.5, 0.6) is 0 Å². The maximum absolute atomic E-state index is 10.9. The summed E-state index contributed by atoms with van der Waals surface area (Å²) < 4.78 is 21.9.